The van der Waals surface area contributed by atoms with Gasteiger partial charge in [0.15, 0.2) is 0 Å². The third-order valence-electron chi connectivity index (χ3n) is 1.77. The normalized spacial score (nSPS) is 23.6. The van der Waals surface area contributed by atoms with Gasteiger partial charge in [-0.3, -0.25) is 4.79 Å². The summed E-state index contributed by atoms with van der Waals surface area (Å²) in [6.07, 6.45) is 0.677. The van der Waals surface area contributed by atoms with Gasteiger partial charge in [0.2, 0.25) is 5.91 Å². The second-order valence-corrected chi connectivity index (χ2v) is 2.85. The number of amides is 1. The van der Waals surface area contributed by atoms with Crippen molar-refractivity contribution >= 4 is 5.91 Å². The maximum atomic E-state index is 11.3. The molecule has 0 unspecified atom stereocenters. The predicted octanol–water partition coefficient (Wildman–Crippen LogP) is -0.499. The molecule has 0 radical (unpaired) electrons. The Kier molecular flexibility index (Phi) is 4.04. The number of ether oxygens (including phenoxy) is 1. The largest absolute Gasteiger partial charge is 0.366 e. The summed E-state index contributed by atoms with van der Waals surface area (Å²) < 4.78 is 5.26. The van der Waals surface area contributed by atoms with Crippen LogP contribution < -0.4 is 10.6 Å². The van der Waals surface area contributed by atoms with Crippen LogP contribution in [0, 0.1) is 0 Å². The van der Waals surface area contributed by atoms with Crippen LogP contribution in [0.4, 0.5) is 0 Å². The summed E-state index contributed by atoms with van der Waals surface area (Å²) in [6.45, 7) is 4.87. The number of hydrogen-bond acceptors (Lipinski definition) is 3. The van der Waals surface area contributed by atoms with Crippen molar-refractivity contribution in [1.82, 2.24) is 10.6 Å². The van der Waals surface area contributed by atoms with Gasteiger partial charge in [-0.2, -0.15) is 0 Å². The van der Waals surface area contributed by atoms with E-state index in [1.807, 2.05) is 6.92 Å². The molecule has 1 saturated heterocycles. The maximum absolute atomic E-state index is 11.3. The summed E-state index contributed by atoms with van der Waals surface area (Å²) in [6, 6.07) is 0. The van der Waals surface area contributed by atoms with E-state index in [4.69, 9.17) is 4.74 Å². The van der Waals surface area contributed by atoms with Crippen molar-refractivity contribution in [3.8, 4) is 0 Å². The van der Waals surface area contributed by atoms with E-state index in [9.17, 15) is 4.79 Å². The van der Waals surface area contributed by atoms with Gasteiger partial charge in [-0.1, -0.05) is 6.92 Å². The standard InChI is InChI=1S/C8H16N2O2/c1-2-3-10-8(11)7-6-9-4-5-12-7/h7,9H,2-6H2,1H3,(H,10,11)/t7-/m0/s1. The van der Waals surface area contributed by atoms with E-state index >= 15 is 0 Å². The molecule has 1 fully saturated rings. The molecule has 2 N–H and O–H groups in total. The highest BCUT2D eigenvalue weighted by Crippen LogP contribution is 1.95. The molecule has 4 heteroatoms. The first-order valence-electron chi connectivity index (χ1n) is 4.44. The van der Waals surface area contributed by atoms with Crippen molar-refractivity contribution in [2.45, 2.75) is 19.4 Å². The fraction of sp³-hybridized carbons (Fsp3) is 0.875. The summed E-state index contributed by atoms with van der Waals surface area (Å²) in [5.41, 5.74) is 0. The number of morpholine rings is 1. The minimum Gasteiger partial charge on any atom is -0.366 e. The van der Waals surface area contributed by atoms with E-state index in [2.05, 4.69) is 10.6 Å². The molecular weight excluding hydrogens is 156 g/mol. The molecule has 1 aliphatic rings. The lowest BCUT2D eigenvalue weighted by molar-refractivity contribution is -0.134. The van der Waals surface area contributed by atoms with Crippen molar-refractivity contribution in [3.63, 3.8) is 0 Å². The van der Waals surface area contributed by atoms with Gasteiger partial charge < -0.3 is 15.4 Å². The molecule has 0 saturated carbocycles. The Morgan fingerprint density at radius 3 is 3.17 bits per heavy atom. The lowest BCUT2D eigenvalue weighted by atomic mass is 10.3. The van der Waals surface area contributed by atoms with Crippen LogP contribution >= 0.6 is 0 Å². The Hall–Kier alpha value is -0.610. The number of carbonyl (C=O) groups excluding carboxylic acids is 1. The Morgan fingerprint density at radius 1 is 1.75 bits per heavy atom. The van der Waals surface area contributed by atoms with Crippen molar-refractivity contribution in [3.05, 3.63) is 0 Å². The van der Waals surface area contributed by atoms with Crippen molar-refractivity contribution in [1.29, 1.82) is 0 Å². The van der Waals surface area contributed by atoms with E-state index in [0.717, 1.165) is 19.5 Å². The van der Waals surface area contributed by atoms with Crippen LogP contribution in [-0.4, -0.2) is 38.3 Å². The molecule has 0 aromatic heterocycles. The fourth-order valence-electron chi connectivity index (χ4n) is 1.10. The van der Waals surface area contributed by atoms with E-state index in [0.29, 0.717) is 13.2 Å². The Labute approximate surface area is 72.7 Å². The van der Waals surface area contributed by atoms with Gasteiger partial charge in [0.05, 0.1) is 6.61 Å². The van der Waals surface area contributed by atoms with Crippen LogP contribution in [-0.2, 0) is 9.53 Å². The van der Waals surface area contributed by atoms with Crippen molar-refractivity contribution in [2.24, 2.45) is 0 Å². The first-order chi connectivity index (χ1) is 5.84. The van der Waals surface area contributed by atoms with E-state index in [-0.39, 0.29) is 12.0 Å². The number of carbonyl (C=O) groups is 1. The molecule has 70 valence electrons. The summed E-state index contributed by atoms with van der Waals surface area (Å²) in [7, 11) is 0. The summed E-state index contributed by atoms with van der Waals surface area (Å²) >= 11 is 0. The number of rotatable bonds is 3. The third kappa shape index (κ3) is 2.79. The molecule has 0 aromatic carbocycles. The molecule has 12 heavy (non-hydrogen) atoms. The molecule has 1 rings (SSSR count). The van der Waals surface area contributed by atoms with Crippen LogP contribution in [0.25, 0.3) is 0 Å². The van der Waals surface area contributed by atoms with E-state index in [1.54, 1.807) is 0 Å². The second kappa shape index (κ2) is 5.11. The highest BCUT2D eigenvalue weighted by atomic mass is 16.5. The van der Waals surface area contributed by atoms with Crippen molar-refractivity contribution in [2.75, 3.05) is 26.2 Å². The second-order valence-electron chi connectivity index (χ2n) is 2.85. The number of nitrogens with one attached hydrogen (secondary N) is 2. The van der Waals surface area contributed by atoms with Gasteiger partial charge in [0, 0.05) is 19.6 Å². The molecule has 1 atom stereocenters. The van der Waals surface area contributed by atoms with Crippen LogP contribution in [0.3, 0.4) is 0 Å². The zero-order valence-electron chi connectivity index (χ0n) is 7.43. The summed E-state index contributed by atoms with van der Waals surface area (Å²) in [5.74, 6) is 0.00375. The topological polar surface area (TPSA) is 50.4 Å². The quantitative estimate of drug-likeness (QED) is 0.603. The molecule has 0 aliphatic carbocycles. The Morgan fingerprint density at radius 2 is 2.58 bits per heavy atom. The van der Waals surface area contributed by atoms with Gasteiger partial charge in [-0.15, -0.1) is 0 Å². The molecule has 4 nitrogen and oxygen atoms in total. The van der Waals surface area contributed by atoms with Gasteiger partial charge >= 0.3 is 0 Å². The average molecular weight is 172 g/mol. The van der Waals surface area contributed by atoms with Gasteiger partial charge in [0.25, 0.3) is 0 Å². The first kappa shape index (κ1) is 9.48. The predicted molar refractivity (Wildman–Crippen MR) is 45.9 cm³/mol. The molecule has 0 bridgehead atoms. The highest BCUT2D eigenvalue weighted by Gasteiger charge is 2.20. The van der Waals surface area contributed by atoms with Gasteiger partial charge in [-0.25, -0.2) is 0 Å². The molecule has 0 spiro atoms. The van der Waals surface area contributed by atoms with Crippen LogP contribution in [0.1, 0.15) is 13.3 Å². The zero-order valence-corrected chi connectivity index (χ0v) is 7.43. The Bertz CT molecular complexity index is 144. The lowest BCUT2D eigenvalue weighted by Gasteiger charge is -2.22. The Balaban J connectivity index is 2.20. The molecule has 1 aliphatic heterocycles. The van der Waals surface area contributed by atoms with Crippen LogP contribution in [0.5, 0.6) is 0 Å². The van der Waals surface area contributed by atoms with E-state index < -0.39 is 0 Å². The molecule has 1 amide bonds. The number of hydrogen-bond donors (Lipinski definition) is 2. The molecular formula is C8H16N2O2. The van der Waals surface area contributed by atoms with E-state index in [1.165, 1.54) is 0 Å². The average Bonchev–Trinajstić information content (AvgIpc) is 2.15. The summed E-state index contributed by atoms with van der Waals surface area (Å²) in [4.78, 5) is 11.3. The van der Waals surface area contributed by atoms with Crippen molar-refractivity contribution < 1.29 is 9.53 Å². The maximum Gasteiger partial charge on any atom is 0.250 e. The van der Waals surface area contributed by atoms with Crippen LogP contribution in [0.2, 0.25) is 0 Å². The minimum absolute atomic E-state index is 0.00375. The molecule has 0 aromatic rings. The minimum atomic E-state index is -0.287. The SMILES string of the molecule is CCCNC(=O)[C@@H]1CNCCO1. The fourth-order valence-corrected chi connectivity index (χ4v) is 1.10. The smallest absolute Gasteiger partial charge is 0.250 e. The monoisotopic (exact) mass is 172 g/mol. The van der Waals surface area contributed by atoms with Gasteiger partial charge in [0.1, 0.15) is 6.10 Å². The van der Waals surface area contributed by atoms with Gasteiger partial charge in [-0.05, 0) is 6.42 Å². The van der Waals surface area contributed by atoms with Crippen LogP contribution in [0.15, 0.2) is 0 Å². The third-order valence-corrected chi connectivity index (χ3v) is 1.77. The molecule has 1 heterocycles. The highest BCUT2D eigenvalue weighted by molar-refractivity contribution is 5.81. The summed E-state index contributed by atoms with van der Waals surface area (Å²) in [5, 5.41) is 5.90. The zero-order chi connectivity index (χ0) is 8.81. The lowest BCUT2D eigenvalue weighted by Crippen LogP contribution is -2.47. The first-order valence-corrected chi connectivity index (χ1v) is 4.44.